The predicted molar refractivity (Wildman–Crippen MR) is 254 cm³/mol. The number of rotatable bonds is 14. The highest BCUT2D eigenvalue weighted by atomic mass is 16.5. The number of aromatic nitrogens is 1. The number of benzene rings is 4. The number of alkyl carbamates (subject to hydrolysis) is 1. The zero-order valence-corrected chi connectivity index (χ0v) is 38.3. The minimum atomic E-state index is -1.33. The topological polar surface area (TPSA) is 249 Å². The smallest absolute Gasteiger partial charge is 0.407 e. The van der Waals surface area contributed by atoms with Crippen molar-refractivity contribution in [3.05, 3.63) is 138 Å². The number of phenolic OH excluding ortho intramolecular Hbond substituents is 1. The summed E-state index contributed by atoms with van der Waals surface area (Å²) in [5.41, 5.74) is 3.63. The van der Waals surface area contributed by atoms with Crippen LogP contribution in [0.4, 0.5) is 4.79 Å². The first kappa shape index (κ1) is 49.2. The molecule has 18 heteroatoms. The van der Waals surface area contributed by atoms with Crippen molar-refractivity contribution in [1.82, 2.24) is 41.8 Å². The third kappa shape index (κ3) is 13.7. The zero-order valence-electron chi connectivity index (χ0n) is 38.3. The van der Waals surface area contributed by atoms with Crippen molar-refractivity contribution in [1.29, 1.82) is 0 Å². The molecule has 6 atom stereocenters. The van der Waals surface area contributed by atoms with E-state index in [0.717, 1.165) is 22.0 Å². The van der Waals surface area contributed by atoms with Gasteiger partial charge in [-0.15, -0.1) is 0 Å². The third-order valence-corrected chi connectivity index (χ3v) is 12.1. The molecule has 8 N–H and O–H groups in total. The summed E-state index contributed by atoms with van der Waals surface area (Å²) in [5.74, 6) is -4.14. The molecule has 0 aliphatic carbocycles. The molecule has 1 aromatic heterocycles. The molecule has 0 saturated carbocycles. The number of hydrogen-bond acceptors (Lipinski definition) is 10. The lowest BCUT2D eigenvalue weighted by Gasteiger charge is -2.31. The lowest BCUT2D eigenvalue weighted by molar-refractivity contribution is -0.142. The van der Waals surface area contributed by atoms with Crippen molar-refractivity contribution in [3.8, 4) is 5.75 Å². The van der Waals surface area contributed by atoms with Crippen LogP contribution in [0.2, 0.25) is 0 Å². The number of carbonyl (C=O) groups excluding carboxylic acids is 7. The van der Waals surface area contributed by atoms with Gasteiger partial charge in [-0.1, -0.05) is 91.0 Å². The Hall–Kier alpha value is -7.73. The largest absolute Gasteiger partial charge is 0.508 e. The maximum atomic E-state index is 14.7. The van der Waals surface area contributed by atoms with Gasteiger partial charge in [0.05, 0.1) is 13.2 Å². The van der Waals surface area contributed by atoms with Crippen LogP contribution < -0.4 is 31.9 Å². The average Bonchev–Trinajstić information content (AvgIpc) is 4.02. The molecule has 4 aromatic carbocycles. The minimum Gasteiger partial charge on any atom is -0.508 e. The number of aromatic hydroxyl groups is 1. The number of phenols is 1. The van der Waals surface area contributed by atoms with Crippen molar-refractivity contribution in [2.45, 2.75) is 94.9 Å². The van der Waals surface area contributed by atoms with E-state index in [4.69, 9.17) is 9.47 Å². The fourth-order valence-corrected chi connectivity index (χ4v) is 8.41. The molecule has 5 aromatic rings. The molecule has 2 saturated heterocycles. The highest BCUT2D eigenvalue weighted by molar-refractivity contribution is 5.99. The van der Waals surface area contributed by atoms with Crippen LogP contribution in [0.5, 0.6) is 5.75 Å². The first-order valence-electron chi connectivity index (χ1n) is 23.1. The SMILES string of the molecule is C[C@H]1NC(=O)[C@H](Cc2ccc(O)cc2)NC(=O)[C@H](CCCNC(=O)OCc2ccccc2)NC(=O)[C@H](Cc2c[nH]c3ccccc23)NC(=O)[C@H](COCc2ccccc2)NC(=O)[C@@H]2CCCN2C1=O. The molecular formula is C51H58N8O10. The fraction of sp³-hybridized carbons (Fsp3) is 0.353. The molecular weight excluding hydrogens is 885 g/mol. The first-order chi connectivity index (χ1) is 33.4. The Labute approximate surface area is 399 Å². The Kier molecular flexibility index (Phi) is 17.0. The van der Waals surface area contributed by atoms with E-state index in [9.17, 15) is 38.7 Å². The number of aromatic amines is 1. The van der Waals surface area contributed by atoms with Crippen LogP contribution in [0.15, 0.2) is 115 Å². The predicted octanol–water partition coefficient (Wildman–Crippen LogP) is 3.03. The lowest BCUT2D eigenvalue weighted by atomic mass is 10.0. The van der Waals surface area contributed by atoms with E-state index in [1.54, 1.807) is 18.3 Å². The quantitative estimate of drug-likeness (QED) is 0.0757. The second-order valence-corrected chi connectivity index (χ2v) is 17.2. The molecule has 2 fully saturated rings. The van der Waals surface area contributed by atoms with Gasteiger partial charge in [-0.25, -0.2) is 4.79 Å². The van der Waals surface area contributed by atoms with Gasteiger partial charge in [-0.2, -0.15) is 0 Å². The van der Waals surface area contributed by atoms with Gasteiger partial charge in [-0.05, 0) is 73.1 Å². The maximum Gasteiger partial charge on any atom is 0.407 e. The van der Waals surface area contributed by atoms with Crippen LogP contribution >= 0.6 is 0 Å². The highest BCUT2D eigenvalue weighted by Gasteiger charge is 2.40. The normalized spacial score (nSPS) is 21.7. The van der Waals surface area contributed by atoms with Gasteiger partial charge in [0.15, 0.2) is 0 Å². The van der Waals surface area contributed by atoms with Crippen LogP contribution in [-0.4, -0.2) is 112 Å². The lowest BCUT2D eigenvalue weighted by Crippen LogP contribution is -2.62. The third-order valence-electron chi connectivity index (χ3n) is 12.1. The van der Waals surface area contributed by atoms with Gasteiger partial charge in [0.1, 0.15) is 48.6 Å². The summed E-state index contributed by atoms with van der Waals surface area (Å²) in [7, 11) is 0. The molecule has 7 rings (SSSR count). The summed E-state index contributed by atoms with van der Waals surface area (Å²) < 4.78 is 11.3. The standard InChI is InChI=1S/C51H58N8O10/c1-32-50(66)59-25-11-19-44(59)49(65)58-43(31-68-29-34-12-4-2-5-13-34)48(64)57-42(27-36-28-53-39-17-9-8-16-38(36)39)47(63)55-40(18-10-24-52-51(67)69-30-35-14-6-3-7-15-35)45(61)56-41(46(62)54-32)26-33-20-22-37(60)23-21-33/h2-9,12-17,20-23,28,32,40-44,53,60H,10-11,18-19,24-27,29-31H2,1H3,(H,52,67)(H,54,62)(H,55,63)(H,56,61)(H,57,64)(H,58,65)/t32-,40+,41+,42+,43+,44+/m1/s1. The number of nitrogens with one attached hydrogen (secondary N) is 7. The van der Waals surface area contributed by atoms with Crippen molar-refractivity contribution in [2.75, 3.05) is 19.7 Å². The zero-order chi connectivity index (χ0) is 48.7. The first-order valence-corrected chi connectivity index (χ1v) is 23.1. The number of carbonyl (C=O) groups is 7. The van der Waals surface area contributed by atoms with Gasteiger partial charge in [0.2, 0.25) is 35.4 Å². The van der Waals surface area contributed by atoms with E-state index in [1.165, 1.54) is 24.0 Å². The van der Waals surface area contributed by atoms with Crippen molar-refractivity contribution in [2.24, 2.45) is 0 Å². The Balaban J connectivity index is 1.19. The molecule has 18 nitrogen and oxygen atoms in total. The van der Waals surface area contributed by atoms with Crippen LogP contribution in [0.25, 0.3) is 10.9 Å². The molecule has 0 spiro atoms. The Morgan fingerprint density at radius 3 is 1.99 bits per heavy atom. The second-order valence-electron chi connectivity index (χ2n) is 17.2. The Bertz CT molecular complexity index is 2570. The van der Waals surface area contributed by atoms with Gasteiger partial charge in [0, 0.05) is 43.0 Å². The van der Waals surface area contributed by atoms with Crippen LogP contribution in [0.3, 0.4) is 0 Å². The van der Waals surface area contributed by atoms with Crippen LogP contribution in [-0.2, 0) is 64.3 Å². The summed E-state index contributed by atoms with van der Waals surface area (Å²) in [5, 5.41) is 27.4. The number of fused-ring (bicyclic) bond motifs is 2. The van der Waals surface area contributed by atoms with Gasteiger partial charge >= 0.3 is 6.09 Å². The molecule has 362 valence electrons. The number of ether oxygens (including phenoxy) is 2. The minimum absolute atomic E-state index is 0.0129. The molecule has 69 heavy (non-hydrogen) atoms. The van der Waals surface area contributed by atoms with E-state index in [1.807, 2.05) is 84.9 Å². The van der Waals surface area contributed by atoms with Gasteiger partial charge in [0.25, 0.3) is 0 Å². The number of para-hydroxylation sites is 1. The van der Waals surface area contributed by atoms with E-state index in [0.29, 0.717) is 17.5 Å². The molecule has 2 aliphatic rings. The number of H-pyrrole nitrogens is 1. The molecule has 0 unspecified atom stereocenters. The van der Waals surface area contributed by atoms with Gasteiger partial charge in [-0.3, -0.25) is 28.8 Å². The fourth-order valence-electron chi connectivity index (χ4n) is 8.41. The number of amides is 7. The molecule has 7 amide bonds. The number of nitrogens with zero attached hydrogens (tertiary/aromatic N) is 1. The Morgan fingerprint density at radius 2 is 1.26 bits per heavy atom. The van der Waals surface area contributed by atoms with E-state index < -0.39 is 77.8 Å². The summed E-state index contributed by atoms with van der Waals surface area (Å²) >= 11 is 0. The summed E-state index contributed by atoms with van der Waals surface area (Å²) in [4.78, 5) is 103. The molecule has 0 bridgehead atoms. The van der Waals surface area contributed by atoms with E-state index >= 15 is 0 Å². The summed E-state index contributed by atoms with van der Waals surface area (Å²) in [6.45, 7) is 1.58. The van der Waals surface area contributed by atoms with Crippen molar-refractivity contribution < 1.29 is 48.1 Å². The maximum absolute atomic E-state index is 14.7. The van der Waals surface area contributed by atoms with Crippen LogP contribution in [0.1, 0.15) is 54.9 Å². The Morgan fingerprint density at radius 1 is 0.667 bits per heavy atom. The second kappa shape index (κ2) is 23.8. The molecule has 3 heterocycles. The average molecular weight is 943 g/mol. The number of hydrogen-bond donors (Lipinski definition) is 8. The monoisotopic (exact) mass is 942 g/mol. The van der Waals surface area contributed by atoms with Crippen molar-refractivity contribution in [3.63, 3.8) is 0 Å². The highest BCUT2D eigenvalue weighted by Crippen LogP contribution is 2.22. The van der Waals surface area contributed by atoms with E-state index in [-0.39, 0.29) is 70.8 Å². The van der Waals surface area contributed by atoms with E-state index in [2.05, 4.69) is 36.9 Å². The summed E-state index contributed by atoms with van der Waals surface area (Å²) in [6.07, 6.45) is 1.78. The van der Waals surface area contributed by atoms with Gasteiger partial charge < -0.3 is 56.4 Å². The van der Waals surface area contributed by atoms with Crippen molar-refractivity contribution >= 4 is 52.4 Å². The summed E-state index contributed by atoms with van der Waals surface area (Å²) in [6, 6.07) is 24.4. The molecule has 2 aliphatic heterocycles. The van der Waals surface area contributed by atoms with Crippen LogP contribution in [0, 0.1) is 0 Å². The molecule has 0 radical (unpaired) electrons.